The summed E-state index contributed by atoms with van der Waals surface area (Å²) in [5.74, 6) is 1.06. The molecule has 144 valence electrons. The monoisotopic (exact) mass is 403 g/mol. The zero-order valence-corrected chi connectivity index (χ0v) is 17.9. The number of aromatic nitrogens is 2. The average Bonchev–Trinajstić information content (AvgIpc) is 3.08. The molecule has 0 fully saturated rings. The molecule has 0 amide bonds. The van der Waals surface area contributed by atoms with Gasteiger partial charge in [0.1, 0.15) is 10.7 Å². The highest BCUT2D eigenvalue weighted by Crippen LogP contribution is 2.32. The van der Waals surface area contributed by atoms with Crippen molar-refractivity contribution in [1.29, 1.82) is 0 Å². The summed E-state index contributed by atoms with van der Waals surface area (Å²) in [6, 6.07) is 7.63. The number of nitrogens with zero attached hydrogens (tertiary/aromatic N) is 3. The van der Waals surface area contributed by atoms with Crippen LogP contribution >= 0.6 is 22.9 Å². The van der Waals surface area contributed by atoms with Crippen LogP contribution in [0.2, 0.25) is 5.02 Å². The fourth-order valence-corrected chi connectivity index (χ4v) is 4.39. The van der Waals surface area contributed by atoms with Gasteiger partial charge < -0.3 is 4.90 Å². The highest BCUT2D eigenvalue weighted by molar-refractivity contribution is 7.17. The molecule has 0 radical (unpaired) electrons. The fourth-order valence-electron chi connectivity index (χ4n) is 3.32. The summed E-state index contributed by atoms with van der Waals surface area (Å²) in [6.45, 7) is 11.9. The molecule has 0 N–H and O–H groups in total. The number of rotatable bonds is 7. The van der Waals surface area contributed by atoms with Crippen LogP contribution in [-0.2, 0) is 6.54 Å². The molecule has 0 aliphatic rings. The third kappa shape index (κ3) is 4.10. The predicted molar refractivity (Wildman–Crippen MR) is 116 cm³/mol. The molecule has 2 aromatic heterocycles. The van der Waals surface area contributed by atoms with E-state index in [1.54, 1.807) is 0 Å². The zero-order chi connectivity index (χ0) is 19.6. The molecule has 0 saturated carbocycles. The number of fused-ring (bicyclic) bond motifs is 1. The molecular weight excluding hydrogens is 378 g/mol. The maximum atomic E-state index is 13.5. The van der Waals surface area contributed by atoms with Crippen LogP contribution in [0.25, 0.3) is 21.3 Å². The van der Waals surface area contributed by atoms with Gasteiger partial charge in [0.05, 0.1) is 5.39 Å². The molecule has 3 rings (SSSR count). The Morgan fingerprint density at radius 2 is 1.85 bits per heavy atom. The first-order valence-electron chi connectivity index (χ1n) is 9.46. The lowest BCUT2D eigenvalue weighted by Gasteiger charge is -2.21. The van der Waals surface area contributed by atoms with Gasteiger partial charge in [-0.2, -0.15) is 0 Å². The van der Waals surface area contributed by atoms with Gasteiger partial charge in [0.15, 0.2) is 0 Å². The third-order valence-electron chi connectivity index (χ3n) is 4.93. The summed E-state index contributed by atoms with van der Waals surface area (Å²) in [5.41, 5.74) is 2.00. The highest BCUT2D eigenvalue weighted by Gasteiger charge is 2.19. The number of thiophene rings is 1. The van der Waals surface area contributed by atoms with Crippen molar-refractivity contribution in [2.45, 2.75) is 40.2 Å². The Balaban J connectivity index is 2.13. The van der Waals surface area contributed by atoms with E-state index in [4.69, 9.17) is 16.6 Å². The molecule has 3 aromatic rings. The molecule has 0 spiro atoms. The molecule has 27 heavy (non-hydrogen) atoms. The second-order valence-electron chi connectivity index (χ2n) is 6.94. The maximum Gasteiger partial charge on any atom is 0.262 e. The molecule has 0 unspecified atom stereocenters. The van der Waals surface area contributed by atoms with Gasteiger partial charge in [0.2, 0.25) is 0 Å². The van der Waals surface area contributed by atoms with E-state index in [2.05, 4.69) is 32.6 Å². The van der Waals surface area contributed by atoms with Gasteiger partial charge in [-0.15, -0.1) is 11.3 Å². The first kappa shape index (κ1) is 20.1. The van der Waals surface area contributed by atoms with Crippen molar-refractivity contribution in [2.24, 2.45) is 0 Å². The first-order chi connectivity index (χ1) is 13.0. The van der Waals surface area contributed by atoms with Crippen LogP contribution < -0.4 is 5.56 Å². The summed E-state index contributed by atoms with van der Waals surface area (Å²) >= 11 is 7.55. The Morgan fingerprint density at radius 3 is 2.44 bits per heavy atom. The number of hydrogen-bond acceptors (Lipinski definition) is 4. The second kappa shape index (κ2) is 8.55. The standard InChI is InChI=1S/C21H26ClN3OS/c1-5-24(6-2)11-12-25-19(14(3)4)23-20-18(21(25)26)17(13-27-20)15-7-9-16(22)10-8-15/h7-10,13-14H,5-6,11-12H2,1-4H3. The van der Waals surface area contributed by atoms with E-state index in [0.717, 1.165) is 41.4 Å². The molecular formula is C21H26ClN3OS. The van der Waals surface area contributed by atoms with Gasteiger partial charge in [0, 0.05) is 35.0 Å². The van der Waals surface area contributed by atoms with Gasteiger partial charge in [-0.05, 0) is 30.8 Å². The lowest BCUT2D eigenvalue weighted by atomic mass is 10.1. The lowest BCUT2D eigenvalue weighted by Crippen LogP contribution is -2.33. The second-order valence-corrected chi connectivity index (χ2v) is 8.24. The predicted octanol–water partition coefficient (Wildman–Crippen LogP) is 5.24. The van der Waals surface area contributed by atoms with Crippen LogP contribution in [0.1, 0.15) is 39.4 Å². The minimum absolute atomic E-state index is 0.0575. The van der Waals surface area contributed by atoms with Crippen molar-refractivity contribution in [3.8, 4) is 11.1 Å². The Kier molecular flexibility index (Phi) is 6.35. The van der Waals surface area contributed by atoms with Crippen LogP contribution in [0.5, 0.6) is 0 Å². The molecule has 0 atom stereocenters. The van der Waals surface area contributed by atoms with Crippen LogP contribution in [-0.4, -0.2) is 34.1 Å². The molecule has 0 aliphatic heterocycles. The molecule has 2 heterocycles. The largest absolute Gasteiger partial charge is 0.302 e. The van der Waals surface area contributed by atoms with Gasteiger partial charge in [-0.25, -0.2) is 4.98 Å². The molecule has 6 heteroatoms. The molecule has 0 aliphatic carbocycles. The van der Waals surface area contributed by atoms with Crippen molar-refractivity contribution in [3.63, 3.8) is 0 Å². The van der Waals surface area contributed by atoms with E-state index in [9.17, 15) is 4.79 Å². The molecule has 0 saturated heterocycles. The Morgan fingerprint density at radius 1 is 1.19 bits per heavy atom. The Hall–Kier alpha value is -1.69. The normalized spacial score (nSPS) is 11.8. The van der Waals surface area contributed by atoms with Gasteiger partial charge >= 0.3 is 0 Å². The molecule has 1 aromatic carbocycles. The van der Waals surface area contributed by atoms with Crippen LogP contribution in [0.4, 0.5) is 0 Å². The van der Waals surface area contributed by atoms with Gasteiger partial charge in [-0.1, -0.05) is 51.4 Å². The summed E-state index contributed by atoms with van der Waals surface area (Å²) < 4.78 is 1.87. The Bertz CT molecular complexity index is 971. The average molecular weight is 404 g/mol. The van der Waals surface area contributed by atoms with E-state index in [1.165, 1.54) is 11.3 Å². The zero-order valence-electron chi connectivity index (χ0n) is 16.3. The highest BCUT2D eigenvalue weighted by atomic mass is 35.5. The molecule has 4 nitrogen and oxygen atoms in total. The maximum absolute atomic E-state index is 13.5. The summed E-state index contributed by atoms with van der Waals surface area (Å²) in [4.78, 5) is 21.5. The van der Waals surface area contributed by atoms with Crippen molar-refractivity contribution < 1.29 is 0 Å². The van der Waals surface area contributed by atoms with Crippen LogP contribution in [0, 0.1) is 0 Å². The van der Waals surface area contributed by atoms with Crippen LogP contribution in [0.15, 0.2) is 34.4 Å². The van der Waals surface area contributed by atoms with Crippen molar-refractivity contribution in [3.05, 3.63) is 50.8 Å². The van der Waals surface area contributed by atoms with Crippen molar-refractivity contribution in [1.82, 2.24) is 14.5 Å². The number of halogens is 1. The van der Waals surface area contributed by atoms with E-state index in [1.807, 2.05) is 34.2 Å². The van der Waals surface area contributed by atoms with Gasteiger partial charge in [0.25, 0.3) is 5.56 Å². The topological polar surface area (TPSA) is 38.1 Å². The smallest absolute Gasteiger partial charge is 0.262 e. The van der Waals surface area contributed by atoms with Crippen LogP contribution in [0.3, 0.4) is 0 Å². The van der Waals surface area contributed by atoms with E-state index in [-0.39, 0.29) is 11.5 Å². The SMILES string of the molecule is CCN(CC)CCn1c(C(C)C)nc2scc(-c3ccc(Cl)cc3)c2c1=O. The summed E-state index contributed by atoms with van der Waals surface area (Å²) in [5, 5.41) is 3.43. The number of likely N-dealkylation sites (N-methyl/N-ethyl adjacent to an activating group) is 1. The van der Waals surface area contributed by atoms with Crippen molar-refractivity contribution >= 4 is 33.2 Å². The number of hydrogen-bond donors (Lipinski definition) is 0. The Labute approximate surface area is 169 Å². The number of benzene rings is 1. The summed E-state index contributed by atoms with van der Waals surface area (Å²) in [7, 11) is 0. The molecule has 0 bridgehead atoms. The third-order valence-corrected chi connectivity index (χ3v) is 6.05. The fraction of sp³-hybridized carbons (Fsp3) is 0.429. The van der Waals surface area contributed by atoms with Gasteiger partial charge in [-0.3, -0.25) is 9.36 Å². The van der Waals surface area contributed by atoms with E-state index >= 15 is 0 Å². The summed E-state index contributed by atoms with van der Waals surface area (Å²) in [6.07, 6.45) is 0. The minimum Gasteiger partial charge on any atom is -0.302 e. The minimum atomic E-state index is 0.0575. The quantitative estimate of drug-likeness (QED) is 0.541. The van der Waals surface area contributed by atoms with Crippen molar-refractivity contribution in [2.75, 3.05) is 19.6 Å². The van der Waals surface area contributed by atoms with E-state index < -0.39 is 0 Å². The van der Waals surface area contributed by atoms with E-state index in [0.29, 0.717) is 17.0 Å². The lowest BCUT2D eigenvalue weighted by molar-refractivity contribution is 0.286. The first-order valence-corrected chi connectivity index (χ1v) is 10.7.